The number of Topliss-reactive ketones (excluding diaryl/α,β-unsaturated/α-hetero) is 1. The minimum Gasteiger partial charge on any atom is -0.507 e. The molecule has 8 nitrogen and oxygen atoms in total. The van der Waals surface area contributed by atoms with Crippen molar-refractivity contribution in [1.29, 1.82) is 0 Å². The number of nitrogens with zero attached hydrogens (tertiary/aromatic N) is 3. The van der Waals surface area contributed by atoms with Crippen LogP contribution in [0.2, 0.25) is 5.02 Å². The van der Waals surface area contributed by atoms with Crippen LogP contribution in [0.5, 0.6) is 11.5 Å². The van der Waals surface area contributed by atoms with Gasteiger partial charge in [-0.3, -0.25) is 14.5 Å². The molecule has 11 heteroatoms. The number of aromatic nitrogens is 2. The van der Waals surface area contributed by atoms with Crippen molar-refractivity contribution in [2.24, 2.45) is 0 Å². The monoisotopic (exact) mass is 619 g/mol. The molecule has 1 saturated heterocycles. The van der Waals surface area contributed by atoms with Crippen molar-refractivity contribution >= 4 is 57.3 Å². The van der Waals surface area contributed by atoms with E-state index >= 15 is 0 Å². The summed E-state index contributed by atoms with van der Waals surface area (Å²) >= 11 is 8.68. The number of thioether (sulfide) groups is 1. The standard InChI is InChI=1S/C31H26ClN3O5S2/c1-3-39-23-6-4-5-19(15-23)26-25(27(36)20-9-12-24-21(14-20)13-17(2)40-24)28(37)29(38)35(26)30-33-34-31(42-30)41-16-18-7-10-22(32)11-8-18/h4-12,14-15,17,26,36H,3,13,16H2,1-2H3/b27-25+/t17-,26+/m1/s1. The molecule has 3 heterocycles. The third-order valence-corrected chi connectivity index (χ3v) is 9.36. The Bertz CT molecular complexity index is 1700. The van der Waals surface area contributed by atoms with E-state index in [2.05, 4.69) is 10.2 Å². The average Bonchev–Trinajstić information content (AvgIpc) is 3.67. The summed E-state index contributed by atoms with van der Waals surface area (Å²) in [7, 11) is 0. The van der Waals surface area contributed by atoms with Crippen LogP contribution in [0.15, 0.2) is 76.6 Å². The average molecular weight is 620 g/mol. The van der Waals surface area contributed by atoms with Gasteiger partial charge in [0.05, 0.1) is 18.2 Å². The third kappa shape index (κ3) is 5.49. The number of aliphatic hydroxyl groups is 1. The second kappa shape index (κ2) is 11.8. The molecule has 214 valence electrons. The van der Waals surface area contributed by atoms with Crippen molar-refractivity contribution < 1.29 is 24.2 Å². The van der Waals surface area contributed by atoms with Crippen LogP contribution in [0.4, 0.5) is 5.13 Å². The smallest absolute Gasteiger partial charge is 0.301 e. The molecule has 1 N–H and O–H groups in total. The lowest BCUT2D eigenvalue weighted by Crippen LogP contribution is -2.29. The number of fused-ring (bicyclic) bond motifs is 1. The molecule has 0 unspecified atom stereocenters. The Kier molecular flexibility index (Phi) is 7.94. The van der Waals surface area contributed by atoms with Crippen molar-refractivity contribution in [2.75, 3.05) is 11.5 Å². The molecule has 1 aromatic heterocycles. The minimum atomic E-state index is -0.934. The fraction of sp³-hybridized carbons (Fsp3) is 0.226. The number of ketones is 1. The zero-order valence-corrected chi connectivity index (χ0v) is 25.1. The third-order valence-electron chi connectivity index (χ3n) is 6.98. The zero-order chi connectivity index (χ0) is 29.4. The SMILES string of the molecule is CCOc1cccc([C@H]2/C(=C(\O)c3ccc4c(c3)C[C@@H](C)O4)C(=O)C(=O)N2c2nnc(SCc3ccc(Cl)cc3)s2)c1. The molecule has 4 aromatic rings. The van der Waals surface area contributed by atoms with Gasteiger partial charge in [0, 0.05) is 22.8 Å². The highest BCUT2D eigenvalue weighted by Crippen LogP contribution is 2.45. The van der Waals surface area contributed by atoms with Gasteiger partial charge in [-0.15, -0.1) is 10.2 Å². The number of amides is 1. The number of hydrogen-bond donors (Lipinski definition) is 1. The van der Waals surface area contributed by atoms with E-state index < -0.39 is 17.7 Å². The molecule has 2 aliphatic heterocycles. The van der Waals surface area contributed by atoms with Gasteiger partial charge in [-0.05, 0) is 73.0 Å². The van der Waals surface area contributed by atoms with E-state index in [-0.39, 0.29) is 22.6 Å². The van der Waals surface area contributed by atoms with E-state index in [1.165, 1.54) is 28.0 Å². The number of ether oxygens (including phenoxy) is 2. The Labute approximate surface area is 255 Å². The molecule has 0 saturated carbocycles. The van der Waals surface area contributed by atoms with Crippen molar-refractivity contribution in [3.05, 3.63) is 99.6 Å². The molecule has 2 atom stereocenters. The minimum absolute atomic E-state index is 0.0217. The van der Waals surface area contributed by atoms with Crippen molar-refractivity contribution in [3.8, 4) is 11.5 Å². The van der Waals surface area contributed by atoms with Gasteiger partial charge in [0.2, 0.25) is 5.13 Å². The van der Waals surface area contributed by atoms with Crippen LogP contribution in [0.25, 0.3) is 5.76 Å². The highest BCUT2D eigenvalue weighted by molar-refractivity contribution is 8.00. The van der Waals surface area contributed by atoms with Crippen molar-refractivity contribution in [1.82, 2.24) is 10.2 Å². The Morgan fingerprint density at radius 1 is 1.14 bits per heavy atom. The maximum absolute atomic E-state index is 13.6. The van der Waals surface area contributed by atoms with E-state index in [0.717, 1.165) is 16.9 Å². The first-order valence-electron chi connectivity index (χ1n) is 13.4. The fourth-order valence-corrected chi connectivity index (χ4v) is 7.04. The normalized spacial score (nSPS) is 19.2. The summed E-state index contributed by atoms with van der Waals surface area (Å²) in [6.07, 6.45) is 0.708. The highest BCUT2D eigenvalue weighted by atomic mass is 35.5. The van der Waals surface area contributed by atoms with Gasteiger partial charge in [0.15, 0.2) is 4.34 Å². The Hall–Kier alpha value is -3.86. The fourth-order valence-electron chi connectivity index (χ4n) is 5.10. The lowest BCUT2D eigenvalue weighted by Gasteiger charge is -2.23. The summed E-state index contributed by atoms with van der Waals surface area (Å²) in [6.45, 7) is 4.30. The summed E-state index contributed by atoms with van der Waals surface area (Å²) < 4.78 is 12.1. The number of carbonyl (C=O) groups excluding carboxylic acids is 2. The van der Waals surface area contributed by atoms with Crippen LogP contribution in [0.3, 0.4) is 0 Å². The van der Waals surface area contributed by atoms with E-state index in [1.54, 1.807) is 36.4 Å². The molecule has 0 aliphatic carbocycles. The molecule has 0 bridgehead atoms. The number of halogens is 1. The van der Waals surface area contributed by atoms with E-state index in [9.17, 15) is 14.7 Å². The number of rotatable bonds is 8. The van der Waals surface area contributed by atoms with Crippen molar-refractivity contribution in [2.45, 2.75) is 42.5 Å². The quantitative estimate of drug-likeness (QED) is 0.0753. The molecule has 0 spiro atoms. The van der Waals surface area contributed by atoms with Crippen LogP contribution < -0.4 is 14.4 Å². The van der Waals surface area contributed by atoms with Gasteiger partial charge >= 0.3 is 5.91 Å². The topological polar surface area (TPSA) is 102 Å². The first kappa shape index (κ1) is 28.3. The maximum Gasteiger partial charge on any atom is 0.301 e. The predicted molar refractivity (Wildman–Crippen MR) is 164 cm³/mol. The lowest BCUT2D eigenvalue weighted by atomic mass is 9.94. The largest absolute Gasteiger partial charge is 0.507 e. The summed E-state index contributed by atoms with van der Waals surface area (Å²) in [5, 5.41) is 21.1. The van der Waals surface area contributed by atoms with Crippen LogP contribution >= 0.6 is 34.7 Å². The summed E-state index contributed by atoms with van der Waals surface area (Å²) in [5.41, 5.74) is 3.01. The summed E-state index contributed by atoms with van der Waals surface area (Å²) in [4.78, 5) is 28.5. The molecule has 1 amide bonds. The molecule has 1 fully saturated rings. The Balaban J connectivity index is 1.39. The highest BCUT2D eigenvalue weighted by Gasteiger charge is 2.48. The molecular formula is C31H26ClN3O5S2. The molecule has 6 rings (SSSR count). The molecule has 2 aliphatic rings. The van der Waals surface area contributed by atoms with Crippen molar-refractivity contribution in [3.63, 3.8) is 0 Å². The molecule has 3 aromatic carbocycles. The number of aliphatic hydroxyl groups excluding tert-OH is 1. The van der Waals surface area contributed by atoms with Gasteiger partial charge in [-0.1, -0.05) is 59.0 Å². The first-order valence-corrected chi connectivity index (χ1v) is 15.5. The van der Waals surface area contributed by atoms with E-state index in [4.69, 9.17) is 21.1 Å². The van der Waals surface area contributed by atoms with Gasteiger partial charge in [0.25, 0.3) is 5.78 Å². The second-order valence-corrected chi connectivity index (χ2v) is 12.5. The van der Waals surface area contributed by atoms with Gasteiger partial charge in [-0.25, -0.2) is 0 Å². The maximum atomic E-state index is 13.6. The van der Waals surface area contributed by atoms with Crippen LogP contribution in [0, 0.1) is 0 Å². The number of anilines is 1. The molecule has 42 heavy (non-hydrogen) atoms. The summed E-state index contributed by atoms with van der Waals surface area (Å²) in [6, 6.07) is 19.1. The molecular weight excluding hydrogens is 594 g/mol. The van der Waals surface area contributed by atoms with Gasteiger partial charge < -0.3 is 14.6 Å². The predicted octanol–water partition coefficient (Wildman–Crippen LogP) is 6.83. The number of benzene rings is 3. The van der Waals surface area contributed by atoms with Crippen LogP contribution in [-0.2, 0) is 21.8 Å². The lowest BCUT2D eigenvalue weighted by molar-refractivity contribution is -0.132. The summed E-state index contributed by atoms with van der Waals surface area (Å²) in [5.74, 6) is 0.123. The number of hydrogen-bond acceptors (Lipinski definition) is 9. The van der Waals surface area contributed by atoms with Crippen LogP contribution in [0.1, 0.15) is 42.1 Å². The molecule has 0 radical (unpaired) electrons. The van der Waals surface area contributed by atoms with E-state index in [1.807, 2.05) is 44.2 Å². The zero-order valence-electron chi connectivity index (χ0n) is 22.7. The first-order chi connectivity index (χ1) is 20.3. The van der Waals surface area contributed by atoms with Gasteiger partial charge in [-0.2, -0.15) is 0 Å². The number of carbonyl (C=O) groups is 2. The Morgan fingerprint density at radius 3 is 2.74 bits per heavy atom. The van der Waals surface area contributed by atoms with E-state index in [0.29, 0.717) is 45.0 Å². The van der Waals surface area contributed by atoms with Crippen LogP contribution in [-0.4, -0.2) is 39.7 Å². The second-order valence-electron chi connectivity index (χ2n) is 9.90. The Morgan fingerprint density at radius 2 is 1.95 bits per heavy atom. The van der Waals surface area contributed by atoms with Gasteiger partial charge in [0.1, 0.15) is 23.4 Å².